The number of nitrogens with zero attached hydrogens (tertiary/aromatic N) is 1. The van der Waals surface area contributed by atoms with Crippen molar-refractivity contribution in [1.82, 2.24) is 0 Å². The second kappa shape index (κ2) is 4.61. The predicted octanol–water partition coefficient (Wildman–Crippen LogP) is 2.39. The maximum atomic E-state index is 10.5. The van der Waals surface area contributed by atoms with E-state index < -0.39 is 11.9 Å². The van der Waals surface area contributed by atoms with E-state index in [1.807, 2.05) is 38.1 Å². The van der Waals surface area contributed by atoms with Gasteiger partial charge in [-0.15, -0.1) is 0 Å². The van der Waals surface area contributed by atoms with Gasteiger partial charge in [-0.2, -0.15) is 5.26 Å². The van der Waals surface area contributed by atoms with Crippen molar-refractivity contribution < 1.29 is 9.90 Å². The number of aliphatic carboxylic acids is 1. The van der Waals surface area contributed by atoms with Gasteiger partial charge in [0.25, 0.3) is 0 Å². The molecule has 15 heavy (non-hydrogen) atoms. The van der Waals surface area contributed by atoms with Crippen LogP contribution >= 0.6 is 0 Å². The van der Waals surface area contributed by atoms with Gasteiger partial charge in [-0.25, -0.2) is 0 Å². The molecule has 0 aliphatic heterocycles. The molecule has 0 spiro atoms. The summed E-state index contributed by atoms with van der Waals surface area (Å²) in [5.41, 5.74) is 3.01. The Bertz CT molecular complexity index is 418. The van der Waals surface area contributed by atoms with E-state index in [0.717, 1.165) is 16.7 Å². The van der Waals surface area contributed by atoms with Crippen molar-refractivity contribution in [3.63, 3.8) is 0 Å². The van der Waals surface area contributed by atoms with Crippen LogP contribution in [0.3, 0.4) is 0 Å². The molecule has 0 radical (unpaired) electrons. The zero-order valence-corrected chi connectivity index (χ0v) is 8.82. The molecule has 78 valence electrons. The number of carboxylic acid groups (broad SMARTS) is 1. The number of carbonyl (C=O) groups is 1. The fraction of sp³-hybridized carbons (Fsp3) is 0.333. The number of nitriles is 1. The highest BCUT2D eigenvalue weighted by molar-refractivity contribution is 5.68. The minimum absolute atomic E-state index is 0.140. The van der Waals surface area contributed by atoms with Crippen molar-refractivity contribution in [2.45, 2.75) is 26.2 Å². The third kappa shape index (κ3) is 2.81. The van der Waals surface area contributed by atoms with Crippen LogP contribution in [0.25, 0.3) is 0 Å². The quantitative estimate of drug-likeness (QED) is 0.820. The first-order valence-corrected chi connectivity index (χ1v) is 4.73. The molecule has 0 aromatic heterocycles. The molecule has 3 nitrogen and oxygen atoms in total. The average Bonchev–Trinajstić information content (AvgIpc) is 2.18. The normalized spacial score (nSPS) is 11.8. The van der Waals surface area contributed by atoms with Gasteiger partial charge in [-0.3, -0.25) is 4.79 Å². The maximum Gasteiger partial charge on any atom is 0.305 e. The SMILES string of the molecule is Cc1ccc(C(C#N)CC(=O)O)cc1C. The van der Waals surface area contributed by atoms with Crippen molar-refractivity contribution >= 4 is 5.97 Å². The lowest BCUT2D eigenvalue weighted by molar-refractivity contribution is -0.137. The molecule has 1 N–H and O–H groups in total. The van der Waals surface area contributed by atoms with Crippen molar-refractivity contribution in [2.75, 3.05) is 0 Å². The average molecular weight is 203 g/mol. The molecule has 0 bridgehead atoms. The molecular weight excluding hydrogens is 190 g/mol. The Hall–Kier alpha value is -1.82. The van der Waals surface area contributed by atoms with E-state index in [4.69, 9.17) is 10.4 Å². The number of benzene rings is 1. The molecule has 0 aliphatic rings. The van der Waals surface area contributed by atoms with Gasteiger partial charge in [0.2, 0.25) is 0 Å². The summed E-state index contributed by atoms with van der Waals surface area (Å²) in [5, 5.41) is 17.5. The number of carboxylic acids is 1. The third-order valence-electron chi connectivity index (χ3n) is 2.47. The summed E-state index contributed by atoms with van der Waals surface area (Å²) in [6.45, 7) is 3.94. The molecule has 0 amide bonds. The van der Waals surface area contributed by atoms with Crippen molar-refractivity contribution in [3.8, 4) is 6.07 Å². The molecular formula is C12H13NO2. The van der Waals surface area contributed by atoms with Crippen LogP contribution in [0.5, 0.6) is 0 Å². The molecule has 0 heterocycles. The second-order valence-corrected chi connectivity index (χ2v) is 3.62. The molecule has 0 saturated carbocycles. The van der Waals surface area contributed by atoms with E-state index in [1.54, 1.807) is 0 Å². The number of aryl methyl sites for hydroxylation is 2. The van der Waals surface area contributed by atoms with E-state index in [9.17, 15) is 4.79 Å². The Morgan fingerprint density at radius 3 is 2.60 bits per heavy atom. The highest BCUT2D eigenvalue weighted by Gasteiger charge is 2.14. The Morgan fingerprint density at radius 1 is 1.47 bits per heavy atom. The lowest BCUT2D eigenvalue weighted by Gasteiger charge is -2.08. The molecule has 3 heteroatoms. The summed E-state index contributed by atoms with van der Waals surface area (Å²) >= 11 is 0. The van der Waals surface area contributed by atoms with E-state index >= 15 is 0 Å². The van der Waals surface area contributed by atoms with Crippen LogP contribution in [0.15, 0.2) is 18.2 Å². The van der Waals surface area contributed by atoms with Crippen molar-refractivity contribution in [3.05, 3.63) is 34.9 Å². The monoisotopic (exact) mass is 203 g/mol. The van der Waals surface area contributed by atoms with E-state index in [-0.39, 0.29) is 6.42 Å². The Balaban J connectivity index is 2.98. The largest absolute Gasteiger partial charge is 0.481 e. The van der Waals surface area contributed by atoms with Gasteiger partial charge in [0.05, 0.1) is 18.4 Å². The van der Waals surface area contributed by atoms with Gasteiger partial charge in [0, 0.05) is 0 Å². The van der Waals surface area contributed by atoms with E-state index in [2.05, 4.69) is 0 Å². The molecule has 1 rings (SSSR count). The molecule has 0 fully saturated rings. The van der Waals surface area contributed by atoms with Crippen LogP contribution in [0.2, 0.25) is 0 Å². The number of hydrogen-bond acceptors (Lipinski definition) is 2. The van der Waals surface area contributed by atoms with Gasteiger partial charge in [-0.1, -0.05) is 18.2 Å². The van der Waals surface area contributed by atoms with Gasteiger partial charge in [0.1, 0.15) is 0 Å². The highest BCUT2D eigenvalue weighted by atomic mass is 16.4. The third-order valence-corrected chi connectivity index (χ3v) is 2.47. The van der Waals surface area contributed by atoms with Crippen molar-refractivity contribution in [2.24, 2.45) is 0 Å². The molecule has 1 atom stereocenters. The Morgan fingerprint density at radius 2 is 2.13 bits per heavy atom. The summed E-state index contributed by atoms with van der Waals surface area (Å²) in [6.07, 6.45) is -0.140. The van der Waals surface area contributed by atoms with Crippen LogP contribution in [-0.4, -0.2) is 11.1 Å². The first-order chi connectivity index (χ1) is 7.04. The first kappa shape index (κ1) is 11.3. The second-order valence-electron chi connectivity index (χ2n) is 3.62. The summed E-state index contributed by atoms with van der Waals surface area (Å²) in [4.78, 5) is 10.5. The molecule has 1 aromatic carbocycles. The van der Waals surface area contributed by atoms with Gasteiger partial charge in [-0.05, 0) is 30.5 Å². The number of hydrogen-bond donors (Lipinski definition) is 1. The van der Waals surface area contributed by atoms with Crippen LogP contribution in [0.4, 0.5) is 0 Å². The smallest absolute Gasteiger partial charge is 0.305 e. The van der Waals surface area contributed by atoms with Gasteiger partial charge in [0.15, 0.2) is 0 Å². The maximum absolute atomic E-state index is 10.5. The van der Waals surface area contributed by atoms with Gasteiger partial charge >= 0.3 is 5.97 Å². The highest BCUT2D eigenvalue weighted by Crippen LogP contribution is 2.21. The van der Waals surface area contributed by atoms with Crippen LogP contribution in [0, 0.1) is 25.2 Å². The zero-order chi connectivity index (χ0) is 11.4. The molecule has 1 aromatic rings. The molecule has 1 unspecified atom stereocenters. The standard InChI is InChI=1S/C12H13NO2/c1-8-3-4-10(5-9(8)2)11(7-13)6-12(14)15/h3-5,11H,6H2,1-2H3,(H,14,15). The minimum atomic E-state index is -0.945. The topological polar surface area (TPSA) is 61.1 Å². The van der Waals surface area contributed by atoms with E-state index in [0.29, 0.717) is 0 Å². The fourth-order valence-electron chi connectivity index (χ4n) is 1.39. The molecule has 0 aliphatic carbocycles. The van der Waals surface area contributed by atoms with E-state index in [1.165, 1.54) is 0 Å². The van der Waals surface area contributed by atoms with Crippen LogP contribution < -0.4 is 0 Å². The first-order valence-electron chi connectivity index (χ1n) is 4.73. The fourth-order valence-corrected chi connectivity index (χ4v) is 1.39. The van der Waals surface area contributed by atoms with Gasteiger partial charge < -0.3 is 5.11 Å². The summed E-state index contributed by atoms with van der Waals surface area (Å²) in [6, 6.07) is 7.63. The zero-order valence-electron chi connectivity index (χ0n) is 8.82. The summed E-state index contributed by atoms with van der Waals surface area (Å²) in [7, 11) is 0. The van der Waals surface area contributed by atoms with Crippen LogP contribution in [-0.2, 0) is 4.79 Å². The predicted molar refractivity (Wildman–Crippen MR) is 56.5 cm³/mol. The Labute approximate surface area is 89.0 Å². The lowest BCUT2D eigenvalue weighted by Crippen LogP contribution is -2.04. The summed E-state index contributed by atoms with van der Waals surface area (Å²) in [5.74, 6) is -1.50. The summed E-state index contributed by atoms with van der Waals surface area (Å²) < 4.78 is 0. The minimum Gasteiger partial charge on any atom is -0.481 e. The van der Waals surface area contributed by atoms with Crippen LogP contribution in [0.1, 0.15) is 29.0 Å². The number of rotatable bonds is 3. The Kier molecular flexibility index (Phi) is 3.46. The lowest BCUT2D eigenvalue weighted by atomic mass is 9.94. The van der Waals surface area contributed by atoms with Crippen molar-refractivity contribution in [1.29, 1.82) is 5.26 Å². The molecule has 0 saturated heterocycles.